The Morgan fingerprint density at radius 1 is 1.26 bits per heavy atom. The minimum absolute atomic E-state index is 0.0654. The first-order valence-corrected chi connectivity index (χ1v) is 11.9. The number of nitrogens with zero attached hydrogens (tertiary/aromatic N) is 3. The van der Waals surface area contributed by atoms with E-state index >= 15 is 0 Å². The number of carbonyl (C=O) groups is 1. The number of aromatic nitrogens is 3. The zero-order chi connectivity index (χ0) is 21.4. The molecule has 1 aliphatic carbocycles. The van der Waals surface area contributed by atoms with Crippen LogP contribution in [-0.2, 0) is 17.6 Å². The van der Waals surface area contributed by atoms with Gasteiger partial charge in [0.15, 0.2) is 5.16 Å². The summed E-state index contributed by atoms with van der Waals surface area (Å²) in [6, 6.07) is 11.1. The second-order valence-electron chi connectivity index (χ2n) is 7.43. The van der Waals surface area contributed by atoms with Crippen molar-refractivity contribution >= 4 is 45.1 Å². The first-order chi connectivity index (χ1) is 15.1. The summed E-state index contributed by atoms with van der Waals surface area (Å²) in [4.78, 5) is 32.9. The van der Waals surface area contributed by atoms with E-state index in [-0.39, 0.29) is 17.2 Å². The van der Waals surface area contributed by atoms with E-state index in [2.05, 4.69) is 10.5 Å². The standard InChI is InChI=1S/C22H20N4O3S2/c1-13-11-18(29-25-13)23-17(27)12-30-22-24-20-19(15-9-5-6-10-16(15)31-20)21(28)26(22)14-7-3-2-4-8-14/h2-4,7-8,11H,5-6,9-10,12H2,1H3,(H,23,27). The highest BCUT2D eigenvalue weighted by atomic mass is 32.2. The van der Waals surface area contributed by atoms with E-state index in [4.69, 9.17) is 9.51 Å². The molecule has 158 valence electrons. The average molecular weight is 453 g/mol. The average Bonchev–Trinajstić information content (AvgIpc) is 3.35. The highest BCUT2D eigenvalue weighted by molar-refractivity contribution is 7.99. The van der Waals surface area contributed by atoms with Crippen LogP contribution in [0.5, 0.6) is 0 Å². The van der Waals surface area contributed by atoms with Gasteiger partial charge in [-0.1, -0.05) is 35.1 Å². The quantitative estimate of drug-likeness (QED) is 0.358. The van der Waals surface area contributed by atoms with Gasteiger partial charge in [0.1, 0.15) is 4.83 Å². The van der Waals surface area contributed by atoms with Crippen molar-refractivity contribution in [3.63, 3.8) is 0 Å². The van der Waals surface area contributed by atoms with Crippen LogP contribution in [-0.4, -0.2) is 26.4 Å². The van der Waals surface area contributed by atoms with Gasteiger partial charge in [0.2, 0.25) is 11.8 Å². The lowest BCUT2D eigenvalue weighted by Crippen LogP contribution is -2.23. The molecule has 5 rings (SSSR count). The van der Waals surface area contributed by atoms with Crippen LogP contribution in [0.1, 0.15) is 29.0 Å². The number of hydrogen-bond donors (Lipinski definition) is 1. The summed E-state index contributed by atoms with van der Waals surface area (Å²) in [6.07, 6.45) is 4.17. The molecule has 0 spiro atoms. The Balaban J connectivity index is 1.53. The SMILES string of the molecule is Cc1cc(NC(=O)CSc2nc3sc4c(c3c(=O)n2-c2ccccc2)CCCC4)on1. The molecule has 1 amide bonds. The molecule has 3 heterocycles. The molecule has 9 heteroatoms. The van der Waals surface area contributed by atoms with Gasteiger partial charge in [0, 0.05) is 10.9 Å². The molecule has 0 aliphatic heterocycles. The Morgan fingerprint density at radius 3 is 2.84 bits per heavy atom. The number of nitrogens with one attached hydrogen (secondary N) is 1. The number of rotatable bonds is 5. The summed E-state index contributed by atoms with van der Waals surface area (Å²) in [5, 5.41) is 7.69. The Labute approximate surface area is 186 Å². The number of carbonyl (C=O) groups excluding carboxylic acids is 1. The second kappa shape index (κ2) is 8.32. The van der Waals surface area contributed by atoms with E-state index in [0.717, 1.165) is 47.2 Å². The highest BCUT2D eigenvalue weighted by Crippen LogP contribution is 2.35. The topological polar surface area (TPSA) is 90.0 Å². The lowest BCUT2D eigenvalue weighted by atomic mass is 9.97. The number of amides is 1. The first-order valence-electron chi connectivity index (χ1n) is 10.1. The van der Waals surface area contributed by atoms with Crippen LogP contribution < -0.4 is 10.9 Å². The van der Waals surface area contributed by atoms with Crippen LogP contribution in [0.4, 0.5) is 5.88 Å². The maximum Gasteiger partial charge on any atom is 0.267 e. The van der Waals surface area contributed by atoms with E-state index in [1.54, 1.807) is 28.9 Å². The van der Waals surface area contributed by atoms with E-state index in [1.165, 1.54) is 16.6 Å². The minimum Gasteiger partial charge on any atom is -0.338 e. The van der Waals surface area contributed by atoms with Crippen LogP contribution in [0.15, 0.2) is 50.9 Å². The maximum absolute atomic E-state index is 13.6. The van der Waals surface area contributed by atoms with Gasteiger partial charge >= 0.3 is 0 Å². The normalized spacial score (nSPS) is 13.3. The summed E-state index contributed by atoms with van der Waals surface area (Å²) >= 11 is 2.85. The van der Waals surface area contributed by atoms with Crippen LogP contribution in [0.3, 0.4) is 0 Å². The van der Waals surface area contributed by atoms with Crippen LogP contribution >= 0.6 is 23.1 Å². The first kappa shape index (κ1) is 20.0. The lowest BCUT2D eigenvalue weighted by molar-refractivity contribution is -0.113. The second-order valence-corrected chi connectivity index (χ2v) is 9.46. The molecule has 1 aliphatic rings. The van der Waals surface area contributed by atoms with Gasteiger partial charge in [0.05, 0.1) is 22.5 Å². The number of thiophene rings is 1. The van der Waals surface area contributed by atoms with Gasteiger partial charge in [-0.2, -0.15) is 0 Å². The Bertz CT molecular complexity index is 1320. The molecule has 3 aromatic heterocycles. The van der Waals surface area contributed by atoms with E-state index < -0.39 is 0 Å². The predicted octanol–water partition coefficient (Wildman–Crippen LogP) is 4.35. The van der Waals surface area contributed by atoms with Gasteiger partial charge in [0.25, 0.3) is 5.56 Å². The number of benzene rings is 1. The van der Waals surface area contributed by atoms with Crippen molar-refractivity contribution in [2.75, 3.05) is 11.1 Å². The molecule has 0 saturated carbocycles. The fourth-order valence-corrected chi connectivity index (χ4v) is 5.93. The fourth-order valence-electron chi connectivity index (χ4n) is 3.81. The predicted molar refractivity (Wildman–Crippen MR) is 122 cm³/mol. The summed E-state index contributed by atoms with van der Waals surface area (Å²) in [5.41, 5.74) is 2.52. The third kappa shape index (κ3) is 3.90. The van der Waals surface area contributed by atoms with Crippen LogP contribution in [0.25, 0.3) is 15.9 Å². The Morgan fingerprint density at radius 2 is 2.06 bits per heavy atom. The molecule has 31 heavy (non-hydrogen) atoms. The minimum atomic E-state index is -0.249. The molecule has 1 N–H and O–H groups in total. The largest absolute Gasteiger partial charge is 0.338 e. The van der Waals surface area contributed by atoms with Crippen molar-refractivity contribution < 1.29 is 9.32 Å². The van der Waals surface area contributed by atoms with Crippen LogP contribution in [0, 0.1) is 6.92 Å². The van der Waals surface area contributed by atoms with Gasteiger partial charge in [-0.25, -0.2) is 4.98 Å². The van der Waals surface area contributed by atoms with Gasteiger partial charge < -0.3 is 4.52 Å². The molecule has 0 bridgehead atoms. The highest BCUT2D eigenvalue weighted by Gasteiger charge is 2.23. The number of aryl methyl sites for hydroxylation is 3. The van der Waals surface area contributed by atoms with Crippen molar-refractivity contribution in [1.82, 2.24) is 14.7 Å². The van der Waals surface area contributed by atoms with Gasteiger partial charge in [-0.3, -0.25) is 19.5 Å². The zero-order valence-electron chi connectivity index (χ0n) is 16.9. The molecule has 0 unspecified atom stereocenters. The van der Waals surface area contributed by atoms with Crippen molar-refractivity contribution in [3.8, 4) is 5.69 Å². The summed E-state index contributed by atoms with van der Waals surface area (Å²) in [5.74, 6) is 0.147. The van der Waals surface area contributed by atoms with E-state index in [1.807, 2.05) is 30.3 Å². The van der Waals surface area contributed by atoms with Crippen LogP contribution in [0.2, 0.25) is 0 Å². The maximum atomic E-state index is 13.6. The number of hydrogen-bond acceptors (Lipinski definition) is 7. The Hall–Kier alpha value is -2.91. The number of para-hydroxylation sites is 1. The van der Waals surface area contributed by atoms with E-state index in [9.17, 15) is 9.59 Å². The fraction of sp³-hybridized carbons (Fsp3) is 0.273. The van der Waals surface area contributed by atoms with Crippen molar-refractivity contribution in [3.05, 3.63) is 62.9 Å². The van der Waals surface area contributed by atoms with Crippen molar-refractivity contribution in [2.45, 2.75) is 37.8 Å². The van der Waals surface area contributed by atoms with Gasteiger partial charge in [-0.15, -0.1) is 11.3 Å². The van der Waals surface area contributed by atoms with Gasteiger partial charge in [-0.05, 0) is 50.3 Å². The lowest BCUT2D eigenvalue weighted by Gasteiger charge is -2.13. The Kier molecular flexibility index (Phi) is 5.37. The van der Waals surface area contributed by atoms with Crippen molar-refractivity contribution in [1.29, 1.82) is 0 Å². The third-order valence-corrected chi connectivity index (χ3v) is 7.32. The molecule has 4 aromatic rings. The molecule has 7 nitrogen and oxygen atoms in total. The van der Waals surface area contributed by atoms with Crippen molar-refractivity contribution in [2.24, 2.45) is 0 Å². The molecule has 0 fully saturated rings. The molecular formula is C22H20N4O3S2. The zero-order valence-corrected chi connectivity index (χ0v) is 18.5. The smallest absolute Gasteiger partial charge is 0.267 e. The number of thioether (sulfide) groups is 1. The summed E-state index contributed by atoms with van der Waals surface area (Å²) in [7, 11) is 0. The monoisotopic (exact) mass is 452 g/mol. The molecule has 0 radical (unpaired) electrons. The summed E-state index contributed by atoms with van der Waals surface area (Å²) in [6.45, 7) is 1.78. The third-order valence-electron chi connectivity index (χ3n) is 5.20. The van der Waals surface area contributed by atoms with E-state index in [0.29, 0.717) is 16.7 Å². The number of anilines is 1. The number of fused-ring (bicyclic) bond motifs is 3. The summed E-state index contributed by atoms with van der Waals surface area (Å²) < 4.78 is 6.67. The molecule has 0 saturated heterocycles. The molecule has 0 atom stereocenters. The molecule has 1 aromatic carbocycles. The molecular weight excluding hydrogens is 432 g/mol.